The Morgan fingerprint density at radius 2 is 1.80 bits per heavy atom. The highest BCUT2D eigenvalue weighted by atomic mass is 16.4. The van der Waals surface area contributed by atoms with Crippen molar-refractivity contribution in [3.8, 4) is 0 Å². The normalized spacial score (nSPS) is 20.2. The topological polar surface area (TPSA) is 108 Å². The van der Waals surface area contributed by atoms with E-state index in [0.29, 0.717) is 18.9 Å². The van der Waals surface area contributed by atoms with Gasteiger partial charge in [-0.2, -0.15) is 0 Å². The number of aliphatic carboxylic acids is 1. The smallest absolute Gasteiger partial charge is 0.329 e. The molecular weight excluding hydrogens is 262 g/mol. The highest BCUT2D eigenvalue weighted by molar-refractivity contribution is 5.86. The number of urea groups is 1. The van der Waals surface area contributed by atoms with Crippen molar-refractivity contribution in [1.82, 2.24) is 16.0 Å². The summed E-state index contributed by atoms with van der Waals surface area (Å²) in [6.07, 6.45) is 4.79. The number of hydrogen-bond acceptors (Lipinski definition) is 3. The average molecular weight is 283 g/mol. The summed E-state index contributed by atoms with van der Waals surface area (Å²) in [5.41, 5.74) is -1.14. The molecule has 0 heterocycles. The van der Waals surface area contributed by atoms with E-state index < -0.39 is 17.5 Å². The molecule has 0 atom stereocenters. The van der Waals surface area contributed by atoms with Crippen LogP contribution in [0.4, 0.5) is 4.79 Å². The Morgan fingerprint density at radius 3 is 2.35 bits per heavy atom. The Hall–Kier alpha value is -1.79. The van der Waals surface area contributed by atoms with Crippen LogP contribution in [0.5, 0.6) is 0 Å². The second-order valence-electron chi connectivity index (χ2n) is 5.57. The molecule has 4 N–H and O–H groups in total. The lowest BCUT2D eigenvalue weighted by Gasteiger charge is -2.25. The molecule has 0 aromatic carbocycles. The summed E-state index contributed by atoms with van der Waals surface area (Å²) in [5, 5.41) is 17.1. The van der Waals surface area contributed by atoms with Crippen LogP contribution >= 0.6 is 0 Å². The zero-order valence-electron chi connectivity index (χ0n) is 11.4. The number of carboxylic acid groups (broad SMARTS) is 1. The summed E-state index contributed by atoms with van der Waals surface area (Å²) in [6.45, 7) is 0.208. The molecule has 0 radical (unpaired) electrons. The molecule has 7 heteroatoms. The molecule has 2 aliphatic carbocycles. The Morgan fingerprint density at radius 1 is 1.15 bits per heavy atom. The monoisotopic (exact) mass is 283 g/mol. The molecule has 0 saturated heterocycles. The number of hydrogen-bond donors (Lipinski definition) is 4. The molecular formula is C13H21N3O4. The van der Waals surface area contributed by atoms with E-state index in [1.54, 1.807) is 0 Å². The zero-order chi connectivity index (χ0) is 14.6. The Balaban J connectivity index is 1.68. The molecule has 112 valence electrons. The molecule has 2 fully saturated rings. The number of rotatable bonds is 6. The standard InChI is InChI=1S/C13H21N3O4/c17-10(15-9-3-4-9)5-8-14-12(20)16-13(11(18)19)6-1-2-7-13/h9H,1-8H2,(H,15,17)(H,18,19)(H2,14,16,20). The summed E-state index contributed by atoms with van der Waals surface area (Å²) in [5.74, 6) is -1.07. The number of carboxylic acids is 1. The van der Waals surface area contributed by atoms with Gasteiger partial charge in [0.2, 0.25) is 5.91 Å². The van der Waals surface area contributed by atoms with Crippen molar-refractivity contribution in [2.45, 2.75) is 56.5 Å². The molecule has 0 aromatic rings. The number of carbonyl (C=O) groups excluding carboxylic acids is 2. The van der Waals surface area contributed by atoms with Gasteiger partial charge >= 0.3 is 12.0 Å². The van der Waals surface area contributed by atoms with E-state index in [1.165, 1.54) is 0 Å². The number of carbonyl (C=O) groups is 3. The van der Waals surface area contributed by atoms with Gasteiger partial charge in [0.25, 0.3) is 0 Å². The van der Waals surface area contributed by atoms with Gasteiger partial charge in [-0.3, -0.25) is 4.79 Å². The lowest BCUT2D eigenvalue weighted by Crippen LogP contribution is -2.55. The third kappa shape index (κ3) is 3.85. The first-order valence-corrected chi connectivity index (χ1v) is 7.11. The number of amides is 3. The predicted molar refractivity (Wildman–Crippen MR) is 71.2 cm³/mol. The Labute approximate surface area is 117 Å². The molecule has 7 nitrogen and oxygen atoms in total. The fourth-order valence-electron chi connectivity index (χ4n) is 2.45. The third-order valence-corrected chi connectivity index (χ3v) is 3.80. The molecule has 2 aliphatic rings. The second-order valence-corrected chi connectivity index (χ2v) is 5.57. The zero-order valence-corrected chi connectivity index (χ0v) is 11.4. The molecule has 3 amide bonds. The van der Waals surface area contributed by atoms with Gasteiger partial charge in [-0.15, -0.1) is 0 Å². The molecule has 0 spiro atoms. The quantitative estimate of drug-likeness (QED) is 0.564. The second kappa shape index (κ2) is 6.11. The minimum absolute atomic E-state index is 0.0818. The summed E-state index contributed by atoms with van der Waals surface area (Å²) < 4.78 is 0. The van der Waals surface area contributed by atoms with Gasteiger partial charge in [0.1, 0.15) is 5.54 Å². The summed E-state index contributed by atoms with van der Waals surface area (Å²) >= 11 is 0. The third-order valence-electron chi connectivity index (χ3n) is 3.80. The van der Waals surface area contributed by atoms with E-state index >= 15 is 0 Å². The van der Waals surface area contributed by atoms with Gasteiger partial charge in [-0.05, 0) is 25.7 Å². The lowest BCUT2D eigenvalue weighted by molar-refractivity contribution is -0.144. The average Bonchev–Trinajstić information content (AvgIpc) is 3.05. The molecule has 2 saturated carbocycles. The molecule has 0 aromatic heterocycles. The van der Waals surface area contributed by atoms with Crippen molar-refractivity contribution in [2.24, 2.45) is 0 Å². The van der Waals surface area contributed by atoms with Gasteiger partial charge < -0.3 is 21.1 Å². The van der Waals surface area contributed by atoms with Crippen molar-refractivity contribution in [1.29, 1.82) is 0 Å². The van der Waals surface area contributed by atoms with Crippen LogP contribution in [0.2, 0.25) is 0 Å². The van der Waals surface area contributed by atoms with E-state index in [9.17, 15) is 19.5 Å². The van der Waals surface area contributed by atoms with Crippen LogP contribution in [-0.4, -0.2) is 41.1 Å². The van der Waals surface area contributed by atoms with Crippen LogP contribution in [0.15, 0.2) is 0 Å². The summed E-state index contributed by atoms with van der Waals surface area (Å²) in [6, 6.07) is -0.210. The first-order valence-electron chi connectivity index (χ1n) is 7.11. The molecule has 0 aliphatic heterocycles. The molecule has 2 rings (SSSR count). The van der Waals surface area contributed by atoms with E-state index in [0.717, 1.165) is 25.7 Å². The highest BCUT2D eigenvalue weighted by Gasteiger charge is 2.42. The minimum Gasteiger partial charge on any atom is -0.480 e. The van der Waals surface area contributed by atoms with Crippen LogP contribution in [0.3, 0.4) is 0 Å². The fraction of sp³-hybridized carbons (Fsp3) is 0.769. The molecule has 0 bridgehead atoms. The van der Waals surface area contributed by atoms with Crippen LogP contribution in [0.25, 0.3) is 0 Å². The van der Waals surface area contributed by atoms with Crippen molar-refractivity contribution in [2.75, 3.05) is 6.54 Å². The maximum atomic E-state index is 11.7. The van der Waals surface area contributed by atoms with Crippen LogP contribution in [0, 0.1) is 0 Å². The largest absolute Gasteiger partial charge is 0.480 e. The molecule has 20 heavy (non-hydrogen) atoms. The highest BCUT2D eigenvalue weighted by Crippen LogP contribution is 2.29. The van der Waals surface area contributed by atoms with E-state index in [2.05, 4.69) is 16.0 Å². The number of nitrogens with one attached hydrogen (secondary N) is 3. The Bertz CT molecular complexity index is 400. The van der Waals surface area contributed by atoms with Crippen molar-refractivity contribution >= 4 is 17.9 Å². The van der Waals surface area contributed by atoms with Gasteiger partial charge in [-0.25, -0.2) is 9.59 Å². The van der Waals surface area contributed by atoms with E-state index in [-0.39, 0.29) is 18.9 Å². The van der Waals surface area contributed by atoms with Gasteiger partial charge in [0, 0.05) is 19.0 Å². The maximum absolute atomic E-state index is 11.7. The van der Waals surface area contributed by atoms with Crippen molar-refractivity contribution in [3.05, 3.63) is 0 Å². The predicted octanol–water partition coefficient (Wildman–Crippen LogP) is 0.352. The van der Waals surface area contributed by atoms with Crippen LogP contribution in [-0.2, 0) is 9.59 Å². The lowest BCUT2D eigenvalue weighted by atomic mass is 9.98. The van der Waals surface area contributed by atoms with E-state index in [1.807, 2.05) is 0 Å². The Kier molecular flexibility index (Phi) is 4.46. The van der Waals surface area contributed by atoms with E-state index in [4.69, 9.17) is 0 Å². The molecule has 0 unspecified atom stereocenters. The SMILES string of the molecule is O=C(CCNC(=O)NC1(C(=O)O)CCCC1)NC1CC1. The van der Waals surface area contributed by atoms with Crippen LogP contribution < -0.4 is 16.0 Å². The fourth-order valence-corrected chi connectivity index (χ4v) is 2.45. The first-order chi connectivity index (χ1) is 9.52. The van der Waals surface area contributed by atoms with Crippen molar-refractivity contribution in [3.63, 3.8) is 0 Å². The van der Waals surface area contributed by atoms with Crippen LogP contribution in [0.1, 0.15) is 44.9 Å². The van der Waals surface area contributed by atoms with Crippen molar-refractivity contribution < 1.29 is 19.5 Å². The first kappa shape index (κ1) is 14.6. The minimum atomic E-state index is -1.14. The van der Waals surface area contributed by atoms with Gasteiger partial charge in [0.15, 0.2) is 0 Å². The summed E-state index contributed by atoms with van der Waals surface area (Å²) in [4.78, 5) is 34.4. The van der Waals surface area contributed by atoms with Gasteiger partial charge in [0.05, 0.1) is 0 Å². The van der Waals surface area contributed by atoms with Gasteiger partial charge in [-0.1, -0.05) is 12.8 Å². The summed E-state index contributed by atoms with van der Waals surface area (Å²) in [7, 11) is 0. The maximum Gasteiger partial charge on any atom is 0.329 e.